The molecule has 28 heavy (non-hydrogen) atoms. The molecule has 1 aromatic carbocycles. The van der Waals surface area contributed by atoms with Crippen molar-refractivity contribution in [1.29, 1.82) is 0 Å². The maximum absolute atomic E-state index is 12.5. The van der Waals surface area contributed by atoms with Crippen molar-refractivity contribution >= 4 is 46.8 Å². The summed E-state index contributed by atoms with van der Waals surface area (Å²) in [5.74, 6) is -1.02. The lowest BCUT2D eigenvalue weighted by atomic mass is 10.2. The molecule has 1 aromatic rings. The van der Waals surface area contributed by atoms with E-state index in [0.717, 1.165) is 24.5 Å². The quantitative estimate of drug-likeness (QED) is 0.729. The molecule has 0 aromatic heterocycles. The molecule has 2 aliphatic heterocycles. The van der Waals surface area contributed by atoms with E-state index in [1.54, 1.807) is 24.0 Å². The predicted octanol–water partition coefficient (Wildman–Crippen LogP) is 2.24. The molecule has 0 spiro atoms. The van der Waals surface area contributed by atoms with Crippen LogP contribution in [0, 0.1) is 0 Å². The zero-order chi connectivity index (χ0) is 20.3. The van der Waals surface area contributed by atoms with Gasteiger partial charge in [0, 0.05) is 36.1 Å². The maximum Gasteiger partial charge on any atom is 0.308 e. The minimum absolute atomic E-state index is 0.0974. The van der Waals surface area contributed by atoms with Gasteiger partial charge >= 0.3 is 5.97 Å². The number of halogens is 1. The number of nitrogens with one attached hydrogen (secondary N) is 1. The van der Waals surface area contributed by atoms with Crippen LogP contribution in [0.4, 0.5) is 5.69 Å². The number of thioether (sulfide) groups is 1. The Hall–Kier alpha value is -1.77. The monoisotopic (exact) mass is 425 g/mol. The molecule has 0 unspecified atom stereocenters. The summed E-state index contributed by atoms with van der Waals surface area (Å²) in [7, 11) is 0. The van der Waals surface area contributed by atoms with Crippen LogP contribution in [-0.2, 0) is 19.1 Å². The first-order valence-corrected chi connectivity index (χ1v) is 10.6. The van der Waals surface area contributed by atoms with E-state index in [2.05, 4.69) is 17.1 Å². The number of nitrogens with zero attached hydrogens (tertiary/aromatic N) is 2. The number of hydrogen-bond acceptors (Lipinski definition) is 6. The Balaban J connectivity index is 1.51. The van der Waals surface area contributed by atoms with Gasteiger partial charge in [-0.1, -0.05) is 18.5 Å². The van der Waals surface area contributed by atoms with Gasteiger partial charge in [0.1, 0.15) is 0 Å². The Kier molecular flexibility index (Phi) is 6.85. The summed E-state index contributed by atoms with van der Waals surface area (Å²) in [4.78, 5) is 41.9. The summed E-state index contributed by atoms with van der Waals surface area (Å²) in [6.07, 6.45) is -0.955. The van der Waals surface area contributed by atoms with E-state index in [-0.39, 0.29) is 18.2 Å². The maximum atomic E-state index is 12.5. The van der Waals surface area contributed by atoms with Gasteiger partial charge in [-0.05, 0) is 31.7 Å². The lowest BCUT2D eigenvalue weighted by molar-refractivity contribution is -0.160. The van der Waals surface area contributed by atoms with Crippen LogP contribution in [0.2, 0.25) is 5.02 Å². The summed E-state index contributed by atoms with van der Waals surface area (Å²) in [5.41, 5.74) is 0.641. The van der Waals surface area contributed by atoms with Gasteiger partial charge in [0.05, 0.1) is 17.4 Å². The molecular weight excluding hydrogens is 402 g/mol. The first kappa shape index (κ1) is 21.0. The summed E-state index contributed by atoms with van der Waals surface area (Å²) in [5, 5.41) is 2.69. The molecule has 3 rings (SSSR count). The van der Waals surface area contributed by atoms with Crippen molar-refractivity contribution < 1.29 is 19.1 Å². The molecular formula is C19H24ClN3O4S. The molecule has 1 fully saturated rings. The van der Waals surface area contributed by atoms with E-state index in [1.165, 1.54) is 11.8 Å². The SMILES string of the molecule is CCN1CCN(C(=O)[C@@H](C)OC(=O)C[C@H]2Sc3ccc(Cl)cc3NC2=O)CC1. The van der Waals surface area contributed by atoms with Crippen molar-refractivity contribution in [2.24, 2.45) is 0 Å². The van der Waals surface area contributed by atoms with E-state index >= 15 is 0 Å². The third-order valence-corrected chi connectivity index (χ3v) is 6.41. The minimum atomic E-state index is -0.858. The molecule has 0 bridgehead atoms. The second kappa shape index (κ2) is 9.15. The lowest BCUT2D eigenvalue weighted by Gasteiger charge is -2.35. The van der Waals surface area contributed by atoms with Crippen LogP contribution < -0.4 is 5.32 Å². The lowest BCUT2D eigenvalue weighted by Crippen LogP contribution is -2.51. The van der Waals surface area contributed by atoms with Gasteiger partial charge in [0.25, 0.3) is 5.91 Å². The van der Waals surface area contributed by atoms with Gasteiger partial charge in [-0.25, -0.2) is 0 Å². The Labute approximate surface area is 173 Å². The molecule has 0 radical (unpaired) electrons. The number of benzene rings is 1. The van der Waals surface area contributed by atoms with Crippen molar-refractivity contribution in [3.8, 4) is 0 Å². The molecule has 2 atom stereocenters. The smallest absolute Gasteiger partial charge is 0.308 e. The number of carbonyl (C=O) groups is 3. The molecule has 7 nitrogen and oxygen atoms in total. The van der Waals surface area contributed by atoms with Crippen LogP contribution in [0.5, 0.6) is 0 Å². The molecule has 1 saturated heterocycles. The number of esters is 1. The van der Waals surface area contributed by atoms with Gasteiger partial charge in [0.15, 0.2) is 6.10 Å². The first-order valence-electron chi connectivity index (χ1n) is 9.35. The Morgan fingerprint density at radius 3 is 2.71 bits per heavy atom. The topological polar surface area (TPSA) is 79.0 Å². The number of likely N-dealkylation sites (N-methyl/N-ethyl adjacent to an activating group) is 1. The summed E-state index contributed by atoms with van der Waals surface area (Å²) in [6.45, 7) is 7.55. The van der Waals surface area contributed by atoms with Gasteiger partial charge in [0.2, 0.25) is 5.91 Å². The summed E-state index contributed by atoms with van der Waals surface area (Å²) >= 11 is 7.24. The molecule has 2 heterocycles. The second-order valence-corrected chi connectivity index (χ2v) is 8.51. The van der Waals surface area contributed by atoms with Crippen LogP contribution in [0.15, 0.2) is 23.1 Å². The molecule has 152 valence electrons. The van der Waals surface area contributed by atoms with Gasteiger partial charge in [-0.2, -0.15) is 0 Å². The minimum Gasteiger partial charge on any atom is -0.452 e. The van der Waals surface area contributed by atoms with E-state index in [0.29, 0.717) is 23.8 Å². The average Bonchev–Trinajstić information content (AvgIpc) is 2.68. The normalized spacial score (nSPS) is 20.9. The van der Waals surface area contributed by atoms with Crippen molar-refractivity contribution in [2.75, 3.05) is 38.0 Å². The van der Waals surface area contributed by atoms with Gasteiger partial charge < -0.3 is 19.9 Å². The first-order chi connectivity index (χ1) is 13.4. The number of rotatable bonds is 5. The second-order valence-electron chi connectivity index (χ2n) is 6.83. The highest BCUT2D eigenvalue weighted by molar-refractivity contribution is 8.01. The third kappa shape index (κ3) is 4.98. The van der Waals surface area contributed by atoms with Crippen LogP contribution in [0.3, 0.4) is 0 Å². The molecule has 1 N–H and O–H groups in total. The number of carbonyl (C=O) groups excluding carboxylic acids is 3. The Morgan fingerprint density at radius 1 is 1.32 bits per heavy atom. The number of amides is 2. The fourth-order valence-electron chi connectivity index (χ4n) is 3.25. The molecule has 0 aliphatic carbocycles. The van der Waals surface area contributed by atoms with Gasteiger partial charge in [-0.15, -0.1) is 11.8 Å². The molecule has 9 heteroatoms. The van der Waals surface area contributed by atoms with Crippen molar-refractivity contribution in [3.05, 3.63) is 23.2 Å². The van der Waals surface area contributed by atoms with E-state index in [1.807, 2.05) is 6.07 Å². The predicted molar refractivity (Wildman–Crippen MR) is 109 cm³/mol. The highest BCUT2D eigenvalue weighted by Crippen LogP contribution is 2.38. The fourth-order valence-corrected chi connectivity index (χ4v) is 4.49. The third-order valence-electron chi connectivity index (χ3n) is 4.90. The number of anilines is 1. The van der Waals surface area contributed by atoms with Crippen LogP contribution in [-0.4, -0.2) is 71.7 Å². The standard InChI is InChI=1S/C19H24ClN3O4S/c1-3-22-6-8-23(9-7-22)19(26)12(2)27-17(24)11-16-18(25)21-14-10-13(20)4-5-15(14)28-16/h4-5,10,12,16H,3,6-9,11H2,1-2H3,(H,21,25)/t12-,16-/m1/s1. The van der Waals surface area contributed by atoms with E-state index in [9.17, 15) is 14.4 Å². The number of piperazine rings is 1. The summed E-state index contributed by atoms with van der Waals surface area (Å²) in [6, 6.07) is 5.22. The van der Waals surface area contributed by atoms with Crippen molar-refractivity contribution in [3.63, 3.8) is 0 Å². The number of hydrogen-bond donors (Lipinski definition) is 1. The van der Waals surface area contributed by atoms with Crippen LogP contribution in [0.25, 0.3) is 0 Å². The zero-order valence-corrected chi connectivity index (χ0v) is 17.5. The number of ether oxygens (including phenoxy) is 1. The highest BCUT2D eigenvalue weighted by atomic mass is 35.5. The average molecular weight is 426 g/mol. The van der Waals surface area contributed by atoms with Crippen molar-refractivity contribution in [2.45, 2.75) is 36.5 Å². The van der Waals surface area contributed by atoms with Crippen LogP contribution >= 0.6 is 23.4 Å². The van der Waals surface area contributed by atoms with E-state index < -0.39 is 17.3 Å². The van der Waals surface area contributed by atoms with Gasteiger partial charge in [-0.3, -0.25) is 14.4 Å². The molecule has 0 saturated carbocycles. The van der Waals surface area contributed by atoms with Crippen molar-refractivity contribution in [1.82, 2.24) is 9.80 Å². The Bertz CT molecular complexity index is 768. The molecule has 2 aliphatic rings. The van der Waals surface area contributed by atoms with Crippen LogP contribution in [0.1, 0.15) is 20.3 Å². The number of fused-ring (bicyclic) bond motifs is 1. The highest BCUT2D eigenvalue weighted by Gasteiger charge is 2.32. The Morgan fingerprint density at radius 2 is 2.04 bits per heavy atom. The largest absolute Gasteiger partial charge is 0.452 e. The molecule has 2 amide bonds. The fraction of sp³-hybridized carbons (Fsp3) is 0.526. The summed E-state index contributed by atoms with van der Waals surface area (Å²) < 4.78 is 5.32. The van der Waals surface area contributed by atoms with E-state index in [4.69, 9.17) is 16.3 Å². The zero-order valence-electron chi connectivity index (χ0n) is 15.9.